The zero-order valence-electron chi connectivity index (χ0n) is 18.0. The number of nitrogens with one attached hydrogen (secondary N) is 1. The van der Waals surface area contributed by atoms with Gasteiger partial charge in [0.1, 0.15) is 30.0 Å². The van der Waals surface area contributed by atoms with E-state index in [4.69, 9.17) is 9.47 Å². The van der Waals surface area contributed by atoms with Crippen molar-refractivity contribution in [2.75, 3.05) is 39.9 Å². The second kappa shape index (κ2) is 9.97. The second-order valence-electron chi connectivity index (χ2n) is 7.93. The van der Waals surface area contributed by atoms with Gasteiger partial charge in [-0.2, -0.15) is 0 Å². The zero-order valence-corrected chi connectivity index (χ0v) is 18.0. The van der Waals surface area contributed by atoms with Gasteiger partial charge in [0.05, 0.1) is 7.11 Å². The van der Waals surface area contributed by atoms with Crippen molar-refractivity contribution >= 4 is 16.7 Å². The molecule has 1 fully saturated rings. The van der Waals surface area contributed by atoms with E-state index in [1.807, 2.05) is 36.4 Å². The van der Waals surface area contributed by atoms with Crippen LogP contribution >= 0.6 is 0 Å². The van der Waals surface area contributed by atoms with Crippen LogP contribution in [0.25, 0.3) is 21.9 Å². The molecule has 7 heteroatoms. The lowest BCUT2D eigenvalue weighted by Gasteiger charge is -2.22. The van der Waals surface area contributed by atoms with Crippen molar-refractivity contribution in [1.82, 2.24) is 10.2 Å². The molecule has 0 radical (unpaired) electrons. The van der Waals surface area contributed by atoms with Gasteiger partial charge in [0.25, 0.3) is 0 Å². The van der Waals surface area contributed by atoms with Crippen LogP contribution in [-0.2, 0) is 4.79 Å². The highest BCUT2D eigenvalue weighted by atomic mass is 19.1. The third kappa shape index (κ3) is 5.36. The van der Waals surface area contributed by atoms with Crippen molar-refractivity contribution in [2.45, 2.75) is 12.5 Å². The van der Waals surface area contributed by atoms with Crippen molar-refractivity contribution in [3.63, 3.8) is 0 Å². The molecule has 3 aromatic carbocycles. The molecule has 0 saturated carbocycles. The monoisotopic (exact) mass is 438 g/mol. The number of halogens is 1. The maximum atomic E-state index is 13.5. The average Bonchev–Trinajstić information content (AvgIpc) is 3.01. The third-order valence-electron chi connectivity index (χ3n) is 5.60. The Morgan fingerprint density at radius 1 is 1.09 bits per heavy atom. The molecule has 1 atom stereocenters. The molecule has 168 valence electrons. The number of hydrogen-bond acceptors (Lipinski definition) is 5. The summed E-state index contributed by atoms with van der Waals surface area (Å²) in [7, 11) is 1.53. The second-order valence-corrected chi connectivity index (χ2v) is 7.93. The lowest BCUT2D eigenvalue weighted by atomic mass is 10.0. The lowest BCUT2D eigenvalue weighted by molar-refractivity contribution is -0.120. The molecule has 0 bridgehead atoms. The fraction of sp³-hybridized carbons (Fsp3) is 0.320. The van der Waals surface area contributed by atoms with Gasteiger partial charge in [-0.15, -0.1) is 0 Å². The molecule has 6 nitrogen and oxygen atoms in total. The van der Waals surface area contributed by atoms with E-state index in [0.29, 0.717) is 37.6 Å². The van der Waals surface area contributed by atoms with Crippen molar-refractivity contribution in [3.05, 3.63) is 60.4 Å². The van der Waals surface area contributed by atoms with Gasteiger partial charge >= 0.3 is 0 Å². The number of nitrogens with zero attached hydrogens (tertiary/aromatic N) is 1. The molecule has 1 aliphatic heterocycles. The first-order valence-electron chi connectivity index (χ1n) is 10.7. The molecule has 3 aromatic rings. The van der Waals surface area contributed by atoms with Crippen LogP contribution in [0, 0.1) is 5.82 Å². The van der Waals surface area contributed by atoms with Gasteiger partial charge in [0.15, 0.2) is 0 Å². The zero-order chi connectivity index (χ0) is 22.5. The average molecular weight is 438 g/mol. The third-order valence-corrected chi connectivity index (χ3v) is 5.60. The SMILES string of the molecule is COc1cc(F)ccc1-c1ccc2cc(OCC(O)CN3CCNC(=O)CC3)ccc2c1. The van der Waals surface area contributed by atoms with E-state index in [1.54, 1.807) is 6.07 Å². The molecule has 0 aliphatic carbocycles. The molecular formula is C25H27FN2O4. The van der Waals surface area contributed by atoms with Crippen LogP contribution in [0.4, 0.5) is 4.39 Å². The number of aliphatic hydroxyl groups is 1. The Morgan fingerprint density at radius 2 is 1.91 bits per heavy atom. The highest BCUT2D eigenvalue weighted by Gasteiger charge is 2.17. The van der Waals surface area contributed by atoms with Crippen molar-refractivity contribution in [3.8, 4) is 22.6 Å². The predicted molar refractivity (Wildman–Crippen MR) is 121 cm³/mol. The van der Waals surface area contributed by atoms with Crippen LogP contribution in [0.2, 0.25) is 0 Å². The van der Waals surface area contributed by atoms with E-state index >= 15 is 0 Å². The maximum absolute atomic E-state index is 13.5. The van der Waals surface area contributed by atoms with Crippen LogP contribution in [0.1, 0.15) is 6.42 Å². The van der Waals surface area contributed by atoms with Gasteiger partial charge in [-0.3, -0.25) is 9.69 Å². The Hall–Kier alpha value is -3.16. The number of methoxy groups -OCH3 is 1. The number of fused-ring (bicyclic) bond motifs is 1. The summed E-state index contributed by atoms with van der Waals surface area (Å²) in [6.07, 6.45) is -0.198. The summed E-state index contributed by atoms with van der Waals surface area (Å²) in [5, 5.41) is 15.2. The number of rotatable bonds is 7. The summed E-state index contributed by atoms with van der Waals surface area (Å²) >= 11 is 0. The fourth-order valence-corrected chi connectivity index (χ4v) is 3.92. The van der Waals surface area contributed by atoms with Crippen molar-refractivity contribution < 1.29 is 23.8 Å². The first kappa shape index (κ1) is 22.0. The van der Waals surface area contributed by atoms with Crippen LogP contribution in [0.5, 0.6) is 11.5 Å². The van der Waals surface area contributed by atoms with E-state index in [0.717, 1.165) is 28.4 Å². The van der Waals surface area contributed by atoms with Gasteiger partial charge in [0, 0.05) is 44.2 Å². The number of amides is 1. The topological polar surface area (TPSA) is 71.0 Å². The number of β-amino-alcohol motifs (C(OH)–C–C–N with tert-alkyl or cyclic N) is 1. The number of ether oxygens (including phenoxy) is 2. The first-order valence-corrected chi connectivity index (χ1v) is 10.7. The quantitative estimate of drug-likeness (QED) is 0.593. The minimum atomic E-state index is -0.646. The highest BCUT2D eigenvalue weighted by molar-refractivity contribution is 5.89. The molecule has 1 amide bonds. The lowest BCUT2D eigenvalue weighted by Crippen LogP contribution is -2.37. The number of hydrogen-bond donors (Lipinski definition) is 2. The van der Waals surface area contributed by atoms with Crippen molar-refractivity contribution in [2.24, 2.45) is 0 Å². The summed E-state index contributed by atoms with van der Waals surface area (Å²) in [5.74, 6) is 0.881. The van der Waals surface area contributed by atoms with E-state index in [2.05, 4.69) is 10.2 Å². The summed E-state index contributed by atoms with van der Waals surface area (Å²) in [5.41, 5.74) is 1.76. The number of carbonyl (C=O) groups is 1. The summed E-state index contributed by atoms with van der Waals surface area (Å²) in [6, 6.07) is 16.2. The minimum Gasteiger partial charge on any atom is -0.496 e. The van der Waals surface area contributed by atoms with Gasteiger partial charge in [-0.05, 0) is 46.7 Å². The van der Waals surface area contributed by atoms with Crippen LogP contribution < -0.4 is 14.8 Å². The van der Waals surface area contributed by atoms with Crippen LogP contribution in [-0.4, -0.2) is 61.9 Å². The molecule has 4 rings (SSSR count). The molecule has 1 unspecified atom stereocenters. The Balaban J connectivity index is 1.41. The van der Waals surface area contributed by atoms with Gasteiger partial charge < -0.3 is 19.9 Å². The Morgan fingerprint density at radius 3 is 2.75 bits per heavy atom. The summed E-state index contributed by atoms with van der Waals surface area (Å²) < 4.78 is 24.6. The summed E-state index contributed by atoms with van der Waals surface area (Å²) in [4.78, 5) is 13.5. The minimum absolute atomic E-state index is 0.0513. The van der Waals surface area contributed by atoms with E-state index in [1.165, 1.54) is 19.2 Å². The Labute approximate surface area is 186 Å². The van der Waals surface area contributed by atoms with Gasteiger partial charge in [-0.1, -0.05) is 18.2 Å². The molecule has 0 spiro atoms. The molecule has 1 heterocycles. The number of aliphatic hydroxyl groups excluding tert-OH is 1. The molecule has 2 N–H and O–H groups in total. The van der Waals surface area contributed by atoms with E-state index in [-0.39, 0.29) is 18.3 Å². The number of benzene rings is 3. The largest absolute Gasteiger partial charge is 0.496 e. The smallest absolute Gasteiger partial charge is 0.221 e. The molecule has 0 aromatic heterocycles. The van der Waals surface area contributed by atoms with Crippen LogP contribution in [0.15, 0.2) is 54.6 Å². The van der Waals surface area contributed by atoms with E-state index in [9.17, 15) is 14.3 Å². The molecular weight excluding hydrogens is 411 g/mol. The summed E-state index contributed by atoms with van der Waals surface area (Å²) in [6.45, 7) is 2.60. The molecule has 1 aliphatic rings. The Bertz CT molecular complexity index is 1100. The predicted octanol–water partition coefficient (Wildman–Crippen LogP) is 3.22. The van der Waals surface area contributed by atoms with E-state index < -0.39 is 6.10 Å². The highest BCUT2D eigenvalue weighted by Crippen LogP contribution is 2.33. The first-order chi connectivity index (χ1) is 15.5. The fourth-order valence-electron chi connectivity index (χ4n) is 3.92. The van der Waals surface area contributed by atoms with Gasteiger partial charge in [0.2, 0.25) is 5.91 Å². The van der Waals surface area contributed by atoms with Crippen LogP contribution in [0.3, 0.4) is 0 Å². The maximum Gasteiger partial charge on any atom is 0.221 e. The molecule has 1 saturated heterocycles. The Kier molecular flexibility index (Phi) is 6.87. The van der Waals surface area contributed by atoms with Gasteiger partial charge in [-0.25, -0.2) is 4.39 Å². The number of carbonyl (C=O) groups excluding carboxylic acids is 1. The standard InChI is InChI=1S/C25H27FN2O4/c1-31-24-14-20(26)5-7-23(24)19-3-2-18-13-22(6-4-17(18)12-19)32-16-21(29)15-28-10-8-25(30)27-9-11-28/h2-7,12-14,21,29H,8-11,15-16H2,1H3,(H,27,30). The normalized spacial score (nSPS) is 15.8. The van der Waals surface area contributed by atoms with Crippen molar-refractivity contribution in [1.29, 1.82) is 0 Å². The molecule has 32 heavy (non-hydrogen) atoms.